The molecule has 4 rings (SSSR count). The van der Waals surface area contributed by atoms with Crippen LogP contribution in [0.15, 0.2) is 59.0 Å². The van der Waals surface area contributed by atoms with Crippen LogP contribution in [0.1, 0.15) is 33.3 Å². The van der Waals surface area contributed by atoms with Crippen molar-refractivity contribution in [3.05, 3.63) is 65.3 Å². The fourth-order valence-corrected chi connectivity index (χ4v) is 3.73. The maximum absolute atomic E-state index is 14.0. The number of benzene rings is 2. The van der Waals surface area contributed by atoms with Gasteiger partial charge in [-0.2, -0.15) is 5.10 Å². The van der Waals surface area contributed by atoms with Crippen LogP contribution in [0.4, 0.5) is 9.52 Å². The molecule has 8 heteroatoms. The molecule has 3 aromatic rings. The number of thiazole rings is 1. The van der Waals surface area contributed by atoms with Gasteiger partial charge in [-0.25, -0.2) is 9.37 Å². The summed E-state index contributed by atoms with van der Waals surface area (Å²) in [5.74, 6) is -0.350. The van der Waals surface area contributed by atoms with Crippen molar-refractivity contribution in [2.24, 2.45) is 5.10 Å². The van der Waals surface area contributed by atoms with Crippen molar-refractivity contribution in [1.82, 2.24) is 4.98 Å². The maximum Gasteiger partial charge on any atom is 0.495 e. The lowest BCUT2D eigenvalue weighted by atomic mass is 9.76. The quantitative estimate of drug-likeness (QED) is 0.367. The van der Waals surface area contributed by atoms with Crippen molar-refractivity contribution in [3.63, 3.8) is 0 Å². The van der Waals surface area contributed by atoms with Gasteiger partial charge in [-0.05, 0) is 50.9 Å². The summed E-state index contributed by atoms with van der Waals surface area (Å²) < 4.78 is 26.1. The highest BCUT2D eigenvalue weighted by Gasteiger charge is 2.52. The minimum atomic E-state index is -0.670. The number of halogens is 1. The molecule has 0 unspecified atom stereocenters. The molecule has 0 aliphatic carbocycles. The molecule has 1 aliphatic rings. The van der Waals surface area contributed by atoms with Gasteiger partial charge in [0, 0.05) is 10.9 Å². The summed E-state index contributed by atoms with van der Waals surface area (Å²) in [5, 5.41) is 6.94. The van der Waals surface area contributed by atoms with Crippen LogP contribution in [0.2, 0.25) is 0 Å². The van der Waals surface area contributed by atoms with E-state index in [2.05, 4.69) is 15.5 Å². The third kappa shape index (κ3) is 4.17. The summed E-state index contributed by atoms with van der Waals surface area (Å²) >= 11 is 1.47. The SMILES string of the molecule is CC1(C)OB(c2cc(F)ccc2C=NNc2nc(-c3ccccc3)cs2)OC1(C)C. The van der Waals surface area contributed by atoms with E-state index in [9.17, 15) is 4.39 Å². The van der Waals surface area contributed by atoms with Crippen LogP contribution in [0.25, 0.3) is 11.3 Å². The van der Waals surface area contributed by atoms with Gasteiger partial charge in [0.15, 0.2) is 0 Å². The van der Waals surface area contributed by atoms with Crippen molar-refractivity contribution in [1.29, 1.82) is 0 Å². The monoisotopic (exact) mass is 423 g/mol. The van der Waals surface area contributed by atoms with Crippen molar-refractivity contribution in [3.8, 4) is 11.3 Å². The average Bonchev–Trinajstić information content (AvgIpc) is 3.25. The van der Waals surface area contributed by atoms with E-state index in [1.165, 1.54) is 23.5 Å². The number of hydrogen-bond donors (Lipinski definition) is 1. The molecule has 1 saturated heterocycles. The average molecular weight is 423 g/mol. The van der Waals surface area contributed by atoms with Crippen LogP contribution in [0.3, 0.4) is 0 Å². The molecule has 0 bridgehead atoms. The summed E-state index contributed by atoms with van der Waals surface area (Å²) in [7, 11) is -0.670. The van der Waals surface area contributed by atoms with Gasteiger partial charge in [-0.1, -0.05) is 36.4 Å². The summed E-state index contributed by atoms with van der Waals surface area (Å²) in [6.45, 7) is 7.87. The fourth-order valence-electron chi connectivity index (χ4n) is 3.06. The predicted molar refractivity (Wildman–Crippen MR) is 121 cm³/mol. The lowest BCUT2D eigenvalue weighted by molar-refractivity contribution is 0.00578. The Morgan fingerprint density at radius 2 is 1.77 bits per heavy atom. The van der Waals surface area contributed by atoms with Crippen molar-refractivity contribution < 1.29 is 13.7 Å². The second-order valence-electron chi connectivity index (χ2n) is 8.14. The molecule has 2 aromatic carbocycles. The van der Waals surface area contributed by atoms with Crippen LogP contribution in [0.5, 0.6) is 0 Å². The van der Waals surface area contributed by atoms with Crippen molar-refractivity contribution >= 4 is 35.3 Å². The Labute approximate surface area is 180 Å². The van der Waals surface area contributed by atoms with Gasteiger partial charge < -0.3 is 9.31 Å². The van der Waals surface area contributed by atoms with E-state index in [1.54, 1.807) is 12.3 Å². The Kier molecular flexibility index (Phi) is 5.49. The van der Waals surface area contributed by atoms with Gasteiger partial charge in [0.05, 0.1) is 23.1 Å². The summed E-state index contributed by atoms with van der Waals surface area (Å²) in [6, 6.07) is 14.4. The van der Waals surface area contributed by atoms with E-state index in [4.69, 9.17) is 9.31 Å². The molecule has 30 heavy (non-hydrogen) atoms. The lowest BCUT2D eigenvalue weighted by Crippen LogP contribution is -2.41. The van der Waals surface area contributed by atoms with Gasteiger partial charge in [-0.3, -0.25) is 5.43 Å². The van der Waals surface area contributed by atoms with Crippen LogP contribution in [-0.2, 0) is 9.31 Å². The third-order valence-corrected chi connectivity index (χ3v) is 6.24. The Morgan fingerprint density at radius 1 is 1.07 bits per heavy atom. The molecule has 1 N–H and O–H groups in total. The number of aromatic nitrogens is 1. The number of nitrogens with zero attached hydrogens (tertiary/aromatic N) is 2. The fraction of sp³-hybridized carbons (Fsp3) is 0.273. The molecule has 0 saturated carbocycles. The highest BCUT2D eigenvalue weighted by Crippen LogP contribution is 2.36. The minimum Gasteiger partial charge on any atom is -0.399 e. The van der Waals surface area contributed by atoms with Crippen molar-refractivity contribution in [2.75, 3.05) is 5.43 Å². The van der Waals surface area contributed by atoms with Crippen LogP contribution < -0.4 is 10.9 Å². The topological polar surface area (TPSA) is 55.7 Å². The maximum atomic E-state index is 14.0. The number of rotatable bonds is 5. The van der Waals surface area contributed by atoms with E-state index in [0.29, 0.717) is 16.2 Å². The van der Waals surface area contributed by atoms with E-state index < -0.39 is 18.3 Å². The molecule has 2 heterocycles. The molecule has 1 aromatic heterocycles. The second kappa shape index (κ2) is 7.94. The second-order valence-corrected chi connectivity index (χ2v) is 8.99. The van der Waals surface area contributed by atoms with Crippen LogP contribution >= 0.6 is 11.3 Å². The number of hydrogen-bond acceptors (Lipinski definition) is 6. The minimum absolute atomic E-state index is 0.350. The van der Waals surface area contributed by atoms with Gasteiger partial charge in [-0.15, -0.1) is 11.3 Å². The Bertz CT molecular complexity index is 1050. The number of hydrazone groups is 1. The molecule has 0 amide bonds. The molecule has 0 atom stereocenters. The first kappa shape index (κ1) is 20.7. The molecular weight excluding hydrogens is 400 g/mol. The zero-order valence-corrected chi connectivity index (χ0v) is 18.2. The van der Waals surface area contributed by atoms with Gasteiger partial charge in [0.1, 0.15) is 5.82 Å². The molecular formula is C22H23BFN3O2S. The molecule has 0 radical (unpaired) electrons. The zero-order chi connectivity index (χ0) is 21.4. The van der Waals surface area contributed by atoms with Crippen LogP contribution in [-0.4, -0.2) is 29.5 Å². The molecule has 1 aliphatic heterocycles. The highest BCUT2D eigenvalue weighted by atomic mass is 32.1. The molecule has 1 fully saturated rings. The normalized spacial score (nSPS) is 17.6. The summed E-state index contributed by atoms with van der Waals surface area (Å²) in [6.07, 6.45) is 1.63. The van der Waals surface area contributed by atoms with E-state index in [-0.39, 0.29) is 5.82 Å². The first-order valence-corrected chi connectivity index (χ1v) is 10.6. The first-order chi connectivity index (χ1) is 14.2. The van der Waals surface area contributed by atoms with Gasteiger partial charge in [0.2, 0.25) is 5.13 Å². The smallest absolute Gasteiger partial charge is 0.399 e. The lowest BCUT2D eigenvalue weighted by Gasteiger charge is -2.32. The summed E-state index contributed by atoms with van der Waals surface area (Å²) in [4.78, 5) is 4.55. The Balaban J connectivity index is 1.52. The first-order valence-electron chi connectivity index (χ1n) is 9.70. The van der Waals surface area contributed by atoms with Gasteiger partial charge in [0.25, 0.3) is 0 Å². The van der Waals surface area contributed by atoms with Crippen LogP contribution in [0, 0.1) is 5.82 Å². The predicted octanol–water partition coefficient (Wildman–Crippen LogP) is 4.69. The standard InChI is InChI=1S/C22H23BFN3O2S/c1-21(2)22(3,4)29-23(28-21)18-12-17(24)11-10-16(18)13-25-27-20-26-19(14-30-20)15-8-6-5-7-9-15/h5-14H,1-4H3,(H,26,27). The van der Waals surface area contributed by atoms with Crippen molar-refractivity contribution in [2.45, 2.75) is 38.9 Å². The van der Waals surface area contributed by atoms with E-state index in [1.807, 2.05) is 63.4 Å². The van der Waals surface area contributed by atoms with E-state index in [0.717, 1.165) is 11.3 Å². The third-order valence-electron chi connectivity index (χ3n) is 5.49. The number of anilines is 1. The Morgan fingerprint density at radius 3 is 2.47 bits per heavy atom. The van der Waals surface area contributed by atoms with E-state index >= 15 is 0 Å². The molecule has 5 nitrogen and oxygen atoms in total. The molecule has 0 spiro atoms. The highest BCUT2D eigenvalue weighted by molar-refractivity contribution is 7.14. The van der Waals surface area contributed by atoms with Gasteiger partial charge >= 0.3 is 7.12 Å². The molecule has 154 valence electrons. The number of nitrogens with one attached hydrogen (secondary N) is 1. The Hall–Kier alpha value is -2.55. The zero-order valence-electron chi connectivity index (χ0n) is 17.3. The largest absolute Gasteiger partial charge is 0.495 e. The summed E-state index contributed by atoms with van der Waals surface area (Å²) in [5.41, 5.74) is 5.18.